The highest BCUT2D eigenvalue weighted by Gasteiger charge is 1.89. The summed E-state index contributed by atoms with van der Waals surface area (Å²) in [7, 11) is 1.00. The van der Waals surface area contributed by atoms with Crippen molar-refractivity contribution in [3.63, 3.8) is 0 Å². The Balaban J connectivity index is 0. The zero-order valence-corrected chi connectivity index (χ0v) is 11.6. The Morgan fingerprint density at radius 2 is 1.24 bits per heavy atom. The fourth-order valence-corrected chi connectivity index (χ4v) is 1.21. The van der Waals surface area contributed by atoms with Crippen molar-refractivity contribution in [3.8, 4) is 0 Å². The molecule has 0 bridgehead atoms. The number of fused-ring (bicyclic) bond motifs is 1. The number of aliphatic hydroxyl groups excluding tert-OH is 1. The molecule has 0 radical (unpaired) electrons. The average Bonchev–Trinajstić information content (AvgIpc) is 2.45. The van der Waals surface area contributed by atoms with Crippen LogP contribution in [0.2, 0.25) is 0 Å². The van der Waals surface area contributed by atoms with Gasteiger partial charge < -0.3 is 10.8 Å². The molecule has 2 heteroatoms. The number of rotatable bonds is 0. The molecule has 0 amide bonds. The number of nitrogens with two attached hydrogens (primary N) is 1. The second-order valence-electron chi connectivity index (χ2n) is 2.61. The molecule has 0 atom stereocenters. The van der Waals surface area contributed by atoms with Crippen molar-refractivity contribution in [3.05, 3.63) is 42.5 Å². The number of aliphatic hydroxyl groups is 1. The summed E-state index contributed by atoms with van der Waals surface area (Å²) < 4.78 is 0. The van der Waals surface area contributed by atoms with Gasteiger partial charge in [0.15, 0.2) is 0 Å². The summed E-state index contributed by atoms with van der Waals surface area (Å²) >= 11 is 0. The second-order valence-corrected chi connectivity index (χ2v) is 2.61. The lowest BCUT2D eigenvalue weighted by molar-refractivity contribution is 0.399. The number of benzene rings is 2. The Morgan fingerprint density at radius 1 is 0.765 bits per heavy atom. The molecule has 2 aromatic carbocycles. The van der Waals surface area contributed by atoms with E-state index in [9.17, 15) is 0 Å². The van der Waals surface area contributed by atoms with Crippen molar-refractivity contribution in [1.82, 2.24) is 0 Å². The summed E-state index contributed by atoms with van der Waals surface area (Å²) in [6.07, 6.45) is 0. The predicted octanol–water partition coefficient (Wildman–Crippen LogP) is 4.08. The molecule has 0 aliphatic carbocycles. The molecule has 2 aromatic rings. The van der Waals surface area contributed by atoms with E-state index in [1.807, 2.05) is 58.0 Å². The first-order valence-electron chi connectivity index (χ1n) is 6.05. The largest absolute Gasteiger partial charge is 0.400 e. The summed E-state index contributed by atoms with van der Waals surface area (Å²) in [4.78, 5) is 0. The highest BCUT2D eigenvalue weighted by Crippen LogP contribution is 2.15. The van der Waals surface area contributed by atoms with E-state index < -0.39 is 0 Å². The van der Waals surface area contributed by atoms with Crippen molar-refractivity contribution in [2.24, 2.45) is 0 Å². The van der Waals surface area contributed by atoms with Crippen molar-refractivity contribution >= 4 is 16.5 Å². The van der Waals surface area contributed by atoms with Gasteiger partial charge in [-0.3, -0.25) is 0 Å². The van der Waals surface area contributed by atoms with E-state index in [4.69, 9.17) is 10.8 Å². The monoisotopic (exact) mass is 235 g/mol. The third-order valence-electron chi connectivity index (χ3n) is 1.77. The normalized spacial score (nSPS) is 7.65. The molecule has 0 aliphatic rings. The van der Waals surface area contributed by atoms with E-state index in [0.29, 0.717) is 0 Å². The van der Waals surface area contributed by atoms with Crippen LogP contribution in [0.15, 0.2) is 42.5 Å². The first-order chi connectivity index (χ1) is 8.36. The first kappa shape index (κ1) is 17.8. The van der Waals surface area contributed by atoms with Crippen LogP contribution in [0.25, 0.3) is 10.8 Å². The van der Waals surface area contributed by atoms with Crippen LogP contribution >= 0.6 is 0 Å². The molecule has 2 rings (SSSR count). The van der Waals surface area contributed by atoms with E-state index in [1.165, 1.54) is 10.8 Å². The zero-order valence-electron chi connectivity index (χ0n) is 11.6. The van der Waals surface area contributed by atoms with Crippen LogP contribution in [0, 0.1) is 0 Å². The quantitative estimate of drug-likeness (QED) is 0.676. The number of hydrogen-bond acceptors (Lipinski definition) is 2. The molecule has 3 N–H and O–H groups in total. The third-order valence-corrected chi connectivity index (χ3v) is 1.77. The third kappa shape index (κ3) is 6.59. The molecule has 0 heterocycles. The van der Waals surface area contributed by atoms with Crippen LogP contribution < -0.4 is 5.73 Å². The molecule has 0 unspecified atom stereocenters. The minimum absolute atomic E-state index is 0.823. The average molecular weight is 235 g/mol. The number of anilines is 1. The summed E-state index contributed by atoms with van der Waals surface area (Å²) in [6.45, 7) is 8.00. The Bertz CT molecular complexity index is 385. The highest BCUT2D eigenvalue weighted by molar-refractivity contribution is 5.85. The van der Waals surface area contributed by atoms with Crippen molar-refractivity contribution < 1.29 is 5.11 Å². The van der Waals surface area contributed by atoms with Gasteiger partial charge in [-0.1, -0.05) is 58.0 Å². The van der Waals surface area contributed by atoms with E-state index in [-0.39, 0.29) is 0 Å². The van der Waals surface area contributed by atoms with Crippen LogP contribution in [0.1, 0.15) is 27.7 Å². The van der Waals surface area contributed by atoms with Gasteiger partial charge in [0.25, 0.3) is 0 Å². The van der Waals surface area contributed by atoms with Gasteiger partial charge in [-0.2, -0.15) is 0 Å². The van der Waals surface area contributed by atoms with Gasteiger partial charge in [-0.15, -0.1) is 0 Å². The molecule has 0 spiro atoms. The van der Waals surface area contributed by atoms with Crippen molar-refractivity contribution in [2.45, 2.75) is 27.7 Å². The van der Waals surface area contributed by atoms with Crippen molar-refractivity contribution in [1.29, 1.82) is 0 Å². The maximum absolute atomic E-state index is 7.00. The highest BCUT2D eigenvalue weighted by atomic mass is 16.2. The molecule has 2 nitrogen and oxygen atoms in total. The van der Waals surface area contributed by atoms with Crippen LogP contribution in [-0.2, 0) is 0 Å². The summed E-state index contributed by atoms with van der Waals surface area (Å²) in [6, 6.07) is 14.1. The van der Waals surface area contributed by atoms with Gasteiger partial charge in [0.1, 0.15) is 0 Å². The lowest BCUT2D eigenvalue weighted by Crippen LogP contribution is -1.82. The Morgan fingerprint density at radius 3 is 1.76 bits per heavy atom. The maximum atomic E-state index is 7.00. The Labute approximate surface area is 105 Å². The standard InChI is InChI=1S/C10H9N.2C2H6.CH4O/c11-10-6-5-8-3-1-2-4-9(8)7-10;3*1-2/h1-7H,11H2;2*1-2H3;2H,1H3. The number of hydrogen-bond donors (Lipinski definition) is 2. The van der Waals surface area contributed by atoms with Crippen LogP contribution in [0.5, 0.6) is 0 Å². The number of nitrogen functional groups attached to an aromatic ring is 1. The van der Waals surface area contributed by atoms with Gasteiger partial charge in [0.2, 0.25) is 0 Å². The molecular weight excluding hydrogens is 210 g/mol. The maximum Gasteiger partial charge on any atom is 0.0320 e. The predicted molar refractivity (Wildman–Crippen MR) is 79.2 cm³/mol. The molecule has 0 aliphatic heterocycles. The Kier molecular flexibility index (Phi) is 13.2. The topological polar surface area (TPSA) is 46.2 Å². The molecular formula is C15H25NO. The molecule has 0 fully saturated rings. The Hall–Kier alpha value is -1.54. The molecule has 0 aromatic heterocycles. The van der Waals surface area contributed by atoms with Crippen molar-refractivity contribution in [2.75, 3.05) is 12.8 Å². The van der Waals surface area contributed by atoms with Gasteiger partial charge in [0, 0.05) is 12.8 Å². The zero-order chi connectivity index (χ0) is 13.7. The first-order valence-corrected chi connectivity index (χ1v) is 6.05. The molecule has 0 saturated carbocycles. The van der Waals surface area contributed by atoms with Gasteiger partial charge >= 0.3 is 0 Å². The summed E-state index contributed by atoms with van der Waals surface area (Å²) in [5.41, 5.74) is 6.45. The van der Waals surface area contributed by atoms with Gasteiger partial charge in [0.05, 0.1) is 0 Å². The van der Waals surface area contributed by atoms with Crippen LogP contribution in [0.3, 0.4) is 0 Å². The molecule has 0 saturated heterocycles. The van der Waals surface area contributed by atoms with Crippen LogP contribution in [0.4, 0.5) is 5.69 Å². The lowest BCUT2D eigenvalue weighted by Gasteiger charge is -1.96. The van der Waals surface area contributed by atoms with E-state index in [2.05, 4.69) is 12.1 Å². The fraction of sp³-hybridized carbons (Fsp3) is 0.333. The smallest absolute Gasteiger partial charge is 0.0320 e. The minimum Gasteiger partial charge on any atom is -0.400 e. The van der Waals surface area contributed by atoms with Gasteiger partial charge in [-0.05, 0) is 22.9 Å². The SMILES string of the molecule is CC.CC.CO.Nc1ccc2ccccc2c1. The van der Waals surface area contributed by atoms with E-state index in [0.717, 1.165) is 12.8 Å². The van der Waals surface area contributed by atoms with Crippen LogP contribution in [-0.4, -0.2) is 12.2 Å². The molecule has 96 valence electrons. The lowest BCUT2D eigenvalue weighted by atomic mass is 10.1. The van der Waals surface area contributed by atoms with E-state index >= 15 is 0 Å². The van der Waals surface area contributed by atoms with Gasteiger partial charge in [-0.25, -0.2) is 0 Å². The fourth-order valence-electron chi connectivity index (χ4n) is 1.21. The summed E-state index contributed by atoms with van der Waals surface area (Å²) in [5.74, 6) is 0. The van der Waals surface area contributed by atoms with E-state index in [1.54, 1.807) is 0 Å². The molecule has 17 heavy (non-hydrogen) atoms. The minimum atomic E-state index is 0.823. The summed E-state index contributed by atoms with van der Waals surface area (Å²) in [5, 5.41) is 9.44. The second kappa shape index (κ2) is 12.5.